The minimum Gasteiger partial charge on any atom is -0.397 e. The molecule has 1 saturated heterocycles. The minimum absolute atomic E-state index is 0.0401. The molecule has 1 saturated carbocycles. The van der Waals surface area contributed by atoms with Gasteiger partial charge in [0, 0.05) is 37.9 Å². The number of aromatic nitrogens is 1. The van der Waals surface area contributed by atoms with Gasteiger partial charge in [0.05, 0.1) is 5.69 Å². The molecule has 1 amide bonds. The first-order chi connectivity index (χ1) is 8.19. The summed E-state index contributed by atoms with van der Waals surface area (Å²) in [5.41, 5.74) is 7.11. The molecular weight excluding hydrogens is 218 g/mol. The highest BCUT2D eigenvalue weighted by Crippen LogP contribution is 2.37. The Hall–Kier alpha value is -1.49. The Morgan fingerprint density at radius 1 is 1.47 bits per heavy atom. The number of rotatable bonds is 3. The van der Waals surface area contributed by atoms with Crippen LogP contribution in [0.2, 0.25) is 0 Å². The third-order valence-electron chi connectivity index (χ3n) is 3.53. The number of nitrogen functional groups attached to an aromatic ring is 1. The number of hydrogen-bond donors (Lipinski definition) is 2. The first kappa shape index (κ1) is 10.7. The quantitative estimate of drug-likeness (QED) is 0.800. The number of aliphatic hydroxyl groups excluding tert-OH is 1. The van der Waals surface area contributed by atoms with E-state index in [9.17, 15) is 4.79 Å². The molecule has 3 rings (SSSR count). The van der Waals surface area contributed by atoms with Crippen molar-refractivity contribution in [3.8, 4) is 0 Å². The Balaban J connectivity index is 1.77. The van der Waals surface area contributed by atoms with Crippen LogP contribution < -0.4 is 5.73 Å². The van der Waals surface area contributed by atoms with E-state index in [1.165, 1.54) is 0 Å². The van der Waals surface area contributed by atoms with Crippen molar-refractivity contribution in [3.05, 3.63) is 18.0 Å². The second kappa shape index (κ2) is 3.77. The Kier molecular flexibility index (Phi) is 2.36. The number of amides is 1. The van der Waals surface area contributed by atoms with Gasteiger partial charge in [0.15, 0.2) is 0 Å². The van der Waals surface area contributed by atoms with Crippen molar-refractivity contribution < 1.29 is 9.90 Å². The monoisotopic (exact) mass is 235 g/mol. The summed E-state index contributed by atoms with van der Waals surface area (Å²) in [5.74, 6) is 0.291. The standard InChI is InChI=1S/C12H17N3O2/c13-9-3-11(15(6-9)10-1-2-10)12(17)14-4-8(5-14)7-16/h3,6,8,10,16H,1-2,4-5,7,13H2. The number of aliphatic hydroxyl groups is 1. The third-order valence-corrected chi connectivity index (χ3v) is 3.53. The fraction of sp³-hybridized carbons (Fsp3) is 0.583. The molecule has 2 fully saturated rings. The van der Waals surface area contributed by atoms with Gasteiger partial charge in [0.1, 0.15) is 5.69 Å². The first-order valence-corrected chi connectivity index (χ1v) is 6.06. The Morgan fingerprint density at radius 2 is 2.18 bits per heavy atom. The summed E-state index contributed by atoms with van der Waals surface area (Å²) in [6.45, 7) is 1.48. The number of carbonyl (C=O) groups excluding carboxylic acids is 1. The van der Waals surface area contributed by atoms with Crippen LogP contribution in [-0.4, -0.2) is 40.2 Å². The van der Waals surface area contributed by atoms with E-state index in [0.29, 0.717) is 30.5 Å². The molecule has 1 aromatic heterocycles. The molecule has 17 heavy (non-hydrogen) atoms. The van der Waals surface area contributed by atoms with Crippen molar-refractivity contribution in [3.63, 3.8) is 0 Å². The van der Waals surface area contributed by atoms with Crippen LogP contribution >= 0.6 is 0 Å². The van der Waals surface area contributed by atoms with Gasteiger partial charge >= 0.3 is 0 Å². The molecule has 1 aromatic rings. The predicted molar refractivity (Wildman–Crippen MR) is 63.6 cm³/mol. The number of nitrogens with zero attached hydrogens (tertiary/aromatic N) is 2. The molecule has 1 aliphatic heterocycles. The first-order valence-electron chi connectivity index (χ1n) is 6.06. The molecule has 2 heterocycles. The van der Waals surface area contributed by atoms with Crippen LogP contribution in [0.3, 0.4) is 0 Å². The maximum atomic E-state index is 12.2. The largest absolute Gasteiger partial charge is 0.397 e. The fourth-order valence-electron chi connectivity index (χ4n) is 2.34. The average molecular weight is 235 g/mol. The number of nitrogens with two attached hydrogens (primary N) is 1. The van der Waals surface area contributed by atoms with Gasteiger partial charge in [0.2, 0.25) is 0 Å². The third kappa shape index (κ3) is 1.80. The van der Waals surface area contributed by atoms with Crippen LogP contribution in [0.4, 0.5) is 5.69 Å². The molecule has 0 radical (unpaired) electrons. The minimum atomic E-state index is 0.0401. The molecule has 0 bridgehead atoms. The van der Waals surface area contributed by atoms with Crippen LogP contribution in [-0.2, 0) is 0 Å². The number of hydrogen-bond acceptors (Lipinski definition) is 3. The van der Waals surface area contributed by atoms with E-state index in [0.717, 1.165) is 12.8 Å². The fourth-order valence-corrected chi connectivity index (χ4v) is 2.34. The van der Waals surface area contributed by atoms with E-state index < -0.39 is 0 Å². The molecule has 3 N–H and O–H groups in total. The summed E-state index contributed by atoms with van der Waals surface area (Å²) in [6.07, 6.45) is 4.12. The van der Waals surface area contributed by atoms with E-state index in [4.69, 9.17) is 10.8 Å². The molecule has 2 aliphatic rings. The van der Waals surface area contributed by atoms with Gasteiger partial charge in [-0.05, 0) is 18.9 Å². The van der Waals surface area contributed by atoms with E-state index in [1.807, 2.05) is 10.8 Å². The summed E-state index contributed by atoms with van der Waals surface area (Å²) in [6, 6.07) is 2.22. The van der Waals surface area contributed by atoms with Crippen LogP contribution in [0.15, 0.2) is 12.3 Å². The molecule has 1 aliphatic carbocycles. The van der Waals surface area contributed by atoms with Gasteiger partial charge in [-0.2, -0.15) is 0 Å². The zero-order valence-corrected chi connectivity index (χ0v) is 9.67. The highest BCUT2D eigenvalue weighted by molar-refractivity contribution is 5.94. The Morgan fingerprint density at radius 3 is 2.76 bits per heavy atom. The molecule has 5 nitrogen and oxygen atoms in total. The van der Waals surface area contributed by atoms with Gasteiger partial charge in [-0.3, -0.25) is 4.79 Å². The van der Waals surface area contributed by atoms with Gasteiger partial charge in [0.25, 0.3) is 5.91 Å². The van der Waals surface area contributed by atoms with Crippen LogP contribution in [0, 0.1) is 5.92 Å². The molecular formula is C12H17N3O2. The van der Waals surface area contributed by atoms with E-state index in [1.54, 1.807) is 11.0 Å². The van der Waals surface area contributed by atoms with Gasteiger partial charge in [-0.25, -0.2) is 0 Å². The molecule has 0 unspecified atom stereocenters. The summed E-state index contributed by atoms with van der Waals surface area (Å²) >= 11 is 0. The second-order valence-corrected chi connectivity index (χ2v) is 5.06. The van der Waals surface area contributed by atoms with E-state index in [-0.39, 0.29) is 18.4 Å². The Bertz CT molecular complexity index is 445. The average Bonchev–Trinajstić information content (AvgIpc) is 3.00. The molecule has 0 aromatic carbocycles. The lowest BCUT2D eigenvalue weighted by atomic mass is 10.0. The zero-order chi connectivity index (χ0) is 12.0. The normalized spacial score (nSPS) is 20.4. The summed E-state index contributed by atoms with van der Waals surface area (Å²) in [5, 5.41) is 8.95. The van der Waals surface area contributed by atoms with Crippen LogP contribution in [0.25, 0.3) is 0 Å². The maximum Gasteiger partial charge on any atom is 0.270 e. The van der Waals surface area contributed by atoms with Crippen LogP contribution in [0.1, 0.15) is 29.4 Å². The molecule has 5 heteroatoms. The van der Waals surface area contributed by atoms with Gasteiger partial charge in [-0.1, -0.05) is 0 Å². The smallest absolute Gasteiger partial charge is 0.270 e. The van der Waals surface area contributed by atoms with Crippen molar-refractivity contribution >= 4 is 11.6 Å². The van der Waals surface area contributed by atoms with Gasteiger partial charge in [-0.15, -0.1) is 0 Å². The SMILES string of the molecule is Nc1cc(C(=O)N2CC(CO)C2)n(C2CC2)c1. The molecule has 92 valence electrons. The lowest BCUT2D eigenvalue weighted by Crippen LogP contribution is -2.51. The van der Waals surface area contributed by atoms with Gasteiger partial charge < -0.3 is 20.3 Å². The number of anilines is 1. The van der Waals surface area contributed by atoms with Crippen molar-refractivity contribution in [2.75, 3.05) is 25.4 Å². The lowest BCUT2D eigenvalue weighted by Gasteiger charge is -2.38. The maximum absolute atomic E-state index is 12.2. The van der Waals surface area contributed by atoms with E-state index in [2.05, 4.69) is 0 Å². The van der Waals surface area contributed by atoms with Crippen molar-refractivity contribution in [2.45, 2.75) is 18.9 Å². The Labute approximate surface area is 99.8 Å². The predicted octanol–water partition coefficient (Wildman–Crippen LogP) is 0.469. The second-order valence-electron chi connectivity index (χ2n) is 5.06. The lowest BCUT2D eigenvalue weighted by molar-refractivity contribution is 0.0352. The van der Waals surface area contributed by atoms with Crippen molar-refractivity contribution in [2.24, 2.45) is 5.92 Å². The number of likely N-dealkylation sites (tertiary alicyclic amines) is 1. The number of carbonyl (C=O) groups is 1. The van der Waals surface area contributed by atoms with Crippen LogP contribution in [0.5, 0.6) is 0 Å². The highest BCUT2D eigenvalue weighted by Gasteiger charge is 2.34. The molecule has 0 spiro atoms. The van der Waals surface area contributed by atoms with Crippen molar-refractivity contribution in [1.29, 1.82) is 0 Å². The van der Waals surface area contributed by atoms with E-state index >= 15 is 0 Å². The zero-order valence-electron chi connectivity index (χ0n) is 9.67. The summed E-state index contributed by atoms with van der Waals surface area (Å²) < 4.78 is 2.00. The summed E-state index contributed by atoms with van der Waals surface area (Å²) in [7, 11) is 0. The molecule has 0 atom stereocenters. The topological polar surface area (TPSA) is 71.5 Å². The highest BCUT2D eigenvalue weighted by atomic mass is 16.3. The summed E-state index contributed by atoms with van der Waals surface area (Å²) in [4.78, 5) is 14.0. The van der Waals surface area contributed by atoms with Crippen molar-refractivity contribution in [1.82, 2.24) is 9.47 Å².